The van der Waals surface area contributed by atoms with Crippen molar-refractivity contribution in [2.45, 2.75) is 25.3 Å². The highest BCUT2D eigenvalue weighted by molar-refractivity contribution is 5.60. The minimum atomic E-state index is 0.545. The molecule has 1 aromatic carbocycles. The van der Waals surface area contributed by atoms with E-state index in [-0.39, 0.29) is 0 Å². The molecule has 1 aliphatic heterocycles. The van der Waals surface area contributed by atoms with Crippen LogP contribution in [0.5, 0.6) is 5.75 Å². The summed E-state index contributed by atoms with van der Waals surface area (Å²) >= 11 is 0. The molecule has 2 N–H and O–H groups in total. The Morgan fingerprint density at radius 2 is 2.38 bits per heavy atom. The fraction of sp³-hybridized carbons (Fsp3) is 0.538. The molecule has 1 aromatic rings. The lowest BCUT2D eigenvalue weighted by Crippen LogP contribution is -2.24. The van der Waals surface area contributed by atoms with Crippen molar-refractivity contribution in [3.8, 4) is 5.75 Å². The average Bonchev–Trinajstić information content (AvgIpc) is 2.71. The zero-order valence-corrected chi connectivity index (χ0v) is 10.2. The van der Waals surface area contributed by atoms with Crippen LogP contribution in [0, 0.1) is 0 Å². The lowest BCUT2D eigenvalue weighted by atomic mass is 9.94. The third-order valence-electron chi connectivity index (χ3n) is 3.37. The van der Waals surface area contributed by atoms with Crippen molar-refractivity contribution in [1.82, 2.24) is 5.32 Å². The van der Waals surface area contributed by atoms with Crippen LogP contribution in [0.4, 0.5) is 5.69 Å². The summed E-state index contributed by atoms with van der Waals surface area (Å²) in [4.78, 5) is 0. The zero-order valence-electron chi connectivity index (χ0n) is 10.2. The second kappa shape index (κ2) is 4.74. The number of benzene rings is 1. The standard InChI is InChI=1S/C13H20N2O/c1-9(14-2)6-10-8-15-13-5-4-11(16-3)7-12(10)13/h4-5,7,9-10,14-15H,6,8H2,1-3H3. The fourth-order valence-corrected chi connectivity index (χ4v) is 2.26. The molecule has 2 unspecified atom stereocenters. The topological polar surface area (TPSA) is 33.3 Å². The van der Waals surface area contributed by atoms with Gasteiger partial charge in [0.2, 0.25) is 0 Å². The van der Waals surface area contributed by atoms with Crippen molar-refractivity contribution in [3.63, 3.8) is 0 Å². The van der Waals surface area contributed by atoms with E-state index in [0.717, 1.165) is 18.7 Å². The lowest BCUT2D eigenvalue weighted by Gasteiger charge is -2.16. The van der Waals surface area contributed by atoms with Crippen molar-refractivity contribution < 1.29 is 4.74 Å². The Labute approximate surface area is 97.2 Å². The van der Waals surface area contributed by atoms with Crippen molar-refractivity contribution >= 4 is 5.69 Å². The summed E-state index contributed by atoms with van der Waals surface area (Å²) in [5.74, 6) is 1.54. The average molecular weight is 220 g/mol. The molecule has 0 amide bonds. The molecule has 88 valence electrons. The molecule has 3 nitrogen and oxygen atoms in total. The van der Waals surface area contributed by atoms with Crippen molar-refractivity contribution in [3.05, 3.63) is 23.8 Å². The summed E-state index contributed by atoms with van der Waals surface area (Å²) in [6, 6.07) is 6.82. The Bertz CT molecular complexity index is 365. The molecule has 0 radical (unpaired) electrons. The third kappa shape index (κ3) is 2.14. The van der Waals surface area contributed by atoms with Crippen LogP contribution in [0.1, 0.15) is 24.8 Å². The first-order chi connectivity index (χ1) is 7.74. The van der Waals surface area contributed by atoms with Gasteiger partial charge in [-0.1, -0.05) is 0 Å². The molecule has 0 aromatic heterocycles. The summed E-state index contributed by atoms with van der Waals surface area (Å²) < 4.78 is 5.28. The van der Waals surface area contributed by atoms with Gasteiger partial charge in [-0.05, 0) is 44.2 Å². The van der Waals surface area contributed by atoms with E-state index in [0.29, 0.717) is 12.0 Å². The number of methoxy groups -OCH3 is 1. The molecule has 16 heavy (non-hydrogen) atoms. The van der Waals surface area contributed by atoms with Crippen LogP contribution >= 0.6 is 0 Å². The molecule has 3 heteroatoms. The van der Waals surface area contributed by atoms with E-state index in [1.165, 1.54) is 11.3 Å². The number of fused-ring (bicyclic) bond motifs is 1. The van der Waals surface area contributed by atoms with Gasteiger partial charge in [-0.3, -0.25) is 0 Å². The Kier molecular flexibility index (Phi) is 3.34. The van der Waals surface area contributed by atoms with E-state index in [9.17, 15) is 0 Å². The third-order valence-corrected chi connectivity index (χ3v) is 3.37. The number of hydrogen-bond acceptors (Lipinski definition) is 3. The van der Waals surface area contributed by atoms with Crippen LogP contribution in [-0.4, -0.2) is 26.7 Å². The molecule has 0 bridgehead atoms. The second-order valence-electron chi connectivity index (χ2n) is 4.46. The summed E-state index contributed by atoms with van der Waals surface area (Å²) in [6.45, 7) is 3.26. The predicted molar refractivity (Wildman–Crippen MR) is 67.4 cm³/mol. The number of hydrogen-bond donors (Lipinski definition) is 2. The monoisotopic (exact) mass is 220 g/mol. The van der Waals surface area contributed by atoms with Crippen LogP contribution in [-0.2, 0) is 0 Å². The lowest BCUT2D eigenvalue weighted by molar-refractivity contribution is 0.413. The van der Waals surface area contributed by atoms with Gasteiger partial charge in [0.1, 0.15) is 5.75 Å². The van der Waals surface area contributed by atoms with Gasteiger partial charge in [-0.15, -0.1) is 0 Å². The van der Waals surface area contributed by atoms with Crippen molar-refractivity contribution in [2.75, 3.05) is 26.0 Å². The Morgan fingerprint density at radius 3 is 3.06 bits per heavy atom. The van der Waals surface area contributed by atoms with Crippen LogP contribution in [0.25, 0.3) is 0 Å². The van der Waals surface area contributed by atoms with Gasteiger partial charge >= 0.3 is 0 Å². The molecular weight excluding hydrogens is 200 g/mol. The maximum absolute atomic E-state index is 5.28. The van der Waals surface area contributed by atoms with Gasteiger partial charge < -0.3 is 15.4 Å². The molecule has 0 spiro atoms. The zero-order chi connectivity index (χ0) is 11.5. The molecule has 2 rings (SSSR count). The van der Waals surface area contributed by atoms with Crippen molar-refractivity contribution in [1.29, 1.82) is 0 Å². The van der Waals surface area contributed by atoms with Crippen LogP contribution < -0.4 is 15.4 Å². The van der Waals surface area contributed by atoms with E-state index in [1.54, 1.807) is 7.11 Å². The normalized spacial score (nSPS) is 20.1. The number of nitrogens with one attached hydrogen (secondary N) is 2. The largest absolute Gasteiger partial charge is 0.497 e. The van der Waals surface area contributed by atoms with Gasteiger partial charge in [0.05, 0.1) is 7.11 Å². The molecule has 0 saturated heterocycles. The molecule has 2 atom stereocenters. The minimum Gasteiger partial charge on any atom is -0.497 e. The van der Waals surface area contributed by atoms with Crippen LogP contribution in [0.2, 0.25) is 0 Å². The highest BCUT2D eigenvalue weighted by Gasteiger charge is 2.23. The van der Waals surface area contributed by atoms with Gasteiger partial charge in [0.15, 0.2) is 0 Å². The maximum atomic E-state index is 5.28. The predicted octanol–water partition coefficient (Wildman–Crippen LogP) is 2.20. The Balaban J connectivity index is 2.17. The molecule has 0 aliphatic carbocycles. The molecular formula is C13H20N2O. The Hall–Kier alpha value is -1.22. The van der Waals surface area contributed by atoms with E-state index in [1.807, 2.05) is 13.1 Å². The van der Waals surface area contributed by atoms with E-state index < -0.39 is 0 Å². The minimum absolute atomic E-state index is 0.545. The SMILES string of the molecule is CNC(C)CC1CNc2ccc(OC)cc21. The summed E-state index contributed by atoms with van der Waals surface area (Å²) in [5, 5.41) is 6.74. The van der Waals surface area contributed by atoms with E-state index in [4.69, 9.17) is 4.74 Å². The summed E-state index contributed by atoms with van der Waals surface area (Å²) in [7, 11) is 3.73. The Morgan fingerprint density at radius 1 is 1.56 bits per heavy atom. The summed E-state index contributed by atoms with van der Waals surface area (Å²) in [6.07, 6.45) is 1.16. The fourth-order valence-electron chi connectivity index (χ4n) is 2.26. The first kappa shape index (κ1) is 11.3. The summed E-state index contributed by atoms with van der Waals surface area (Å²) in [5.41, 5.74) is 2.65. The van der Waals surface area contributed by atoms with Gasteiger partial charge in [-0.2, -0.15) is 0 Å². The number of rotatable bonds is 4. The maximum Gasteiger partial charge on any atom is 0.119 e. The highest BCUT2D eigenvalue weighted by Crippen LogP contribution is 2.36. The smallest absolute Gasteiger partial charge is 0.119 e. The number of anilines is 1. The molecule has 1 aliphatic rings. The van der Waals surface area contributed by atoms with Gasteiger partial charge in [-0.25, -0.2) is 0 Å². The molecule has 0 saturated carbocycles. The van der Waals surface area contributed by atoms with Gasteiger partial charge in [0, 0.05) is 24.2 Å². The quantitative estimate of drug-likeness (QED) is 0.816. The van der Waals surface area contributed by atoms with Gasteiger partial charge in [0.25, 0.3) is 0 Å². The first-order valence-corrected chi connectivity index (χ1v) is 5.83. The van der Waals surface area contributed by atoms with Crippen molar-refractivity contribution in [2.24, 2.45) is 0 Å². The second-order valence-corrected chi connectivity index (χ2v) is 4.46. The highest BCUT2D eigenvalue weighted by atomic mass is 16.5. The first-order valence-electron chi connectivity index (χ1n) is 5.83. The van der Waals surface area contributed by atoms with E-state index >= 15 is 0 Å². The van der Waals surface area contributed by atoms with Crippen LogP contribution in [0.3, 0.4) is 0 Å². The van der Waals surface area contributed by atoms with E-state index in [2.05, 4.69) is 29.7 Å². The number of ether oxygens (including phenoxy) is 1. The molecule has 1 heterocycles. The molecule has 0 fully saturated rings. The van der Waals surface area contributed by atoms with Crippen LogP contribution in [0.15, 0.2) is 18.2 Å².